The number of hydrogen-bond acceptors (Lipinski definition) is 6. The first-order valence-corrected chi connectivity index (χ1v) is 7.32. The fourth-order valence-corrected chi connectivity index (χ4v) is 2.52. The standard InChI is InChI=1S/C17H15N3O4/c18-8-12-13(7-6-11-4-2-1-3-5-11)20(10-19-12)17-16(23)15(22)14(9-21)24-17/h1-5,10,14-17,21-23H,9H2/t14-,15-,16-,17?/m1/s1. The number of aliphatic hydroxyl groups is 3. The van der Waals surface area contributed by atoms with E-state index < -0.39 is 31.1 Å². The van der Waals surface area contributed by atoms with Gasteiger partial charge in [-0.25, -0.2) is 4.98 Å². The van der Waals surface area contributed by atoms with Crippen LogP contribution in [0.15, 0.2) is 36.7 Å². The van der Waals surface area contributed by atoms with Crippen LogP contribution >= 0.6 is 0 Å². The van der Waals surface area contributed by atoms with Crippen molar-refractivity contribution in [1.82, 2.24) is 9.55 Å². The lowest BCUT2D eigenvalue weighted by Crippen LogP contribution is -2.33. The van der Waals surface area contributed by atoms with Gasteiger partial charge < -0.3 is 20.1 Å². The van der Waals surface area contributed by atoms with Gasteiger partial charge in [-0.2, -0.15) is 5.26 Å². The van der Waals surface area contributed by atoms with E-state index in [1.54, 1.807) is 0 Å². The summed E-state index contributed by atoms with van der Waals surface area (Å²) in [5.41, 5.74) is 1.13. The third kappa shape index (κ3) is 2.90. The van der Waals surface area contributed by atoms with Crippen LogP contribution in [0.25, 0.3) is 0 Å². The van der Waals surface area contributed by atoms with Crippen molar-refractivity contribution in [3.63, 3.8) is 0 Å². The average molecular weight is 325 g/mol. The van der Waals surface area contributed by atoms with Gasteiger partial charge in [0.05, 0.1) is 12.9 Å². The van der Waals surface area contributed by atoms with Crippen molar-refractivity contribution < 1.29 is 20.1 Å². The number of nitrogens with zero attached hydrogens (tertiary/aromatic N) is 3. The topological polar surface area (TPSA) is 112 Å². The molecule has 7 nitrogen and oxygen atoms in total. The van der Waals surface area contributed by atoms with Gasteiger partial charge in [0, 0.05) is 5.56 Å². The molecule has 1 fully saturated rings. The highest BCUT2D eigenvalue weighted by molar-refractivity contribution is 5.45. The molecule has 3 rings (SSSR count). The molecular weight excluding hydrogens is 310 g/mol. The normalized spacial score (nSPS) is 25.8. The monoisotopic (exact) mass is 325 g/mol. The molecule has 1 aliphatic rings. The fraction of sp³-hybridized carbons (Fsp3) is 0.294. The molecule has 1 saturated heterocycles. The molecule has 2 aromatic rings. The van der Waals surface area contributed by atoms with Gasteiger partial charge in [-0.05, 0) is 18.1 Å². The summed E-state index contributed by atoms with van der Waals surface area (Å²) in [6, 6.07) is 11.2. The van der Waals surface area contributed by atoms with Crippen LogP contribution in [0.2, 0.25) is 0 Å². The van der Waals surface area contributed by atoms with Crippen molar-refractivity contribution in [2.45, 2.75) is 24.5 Å². The fourth-order valence-electron chi connectivity index (χ4n) is 2.52. The Morgan fingerprint density at radius 1 is 1.17 bits per heavy atom. The van der Waals surface area contributed by atoms with Gasteiger partial charge in [0.15, 0.2) is 11.9 Å². The summed E-state index contributed by atoms with van der Waals surface area (Å²) in [5.74, 6) is 5.79. The Hall–Kier alpha value is -2.68. The minimum Gasteiger partial charge on any atom is -0.394 e. The Kier molecular flexibility index (Phi) is 4.61. The van der Waals surface area contributed by atoms with Gasteiger partial charge in [0.1, 0.15) is 30.1 Å². The van der Waals surface area contributed by atoms with Crippen molar-refractivity contribution in [2.24, 2.45) is 0 Å². The molecule has 0 bridgehead atoms. The number of ether oxygens (including phenoxy) is 1. The number of nitriles is 1. The lowest BCUT2D eigenvalue weighted by molar-refractivity contribution is -0.0531. The van der Waals surface area contributed by atoms with Crippen LogP contribution in [0.3, 0.4) is 0 Å². The van der Waals surface area contributed by atoms with E-state index in [9.17, 15) is 20.6 Å². The number of rotatable bonds is 2. The minimum absolute atomic E-state index is 0.0937. The summed E-state index contributed by atoms with van der Waals surface area (Å²) >= 11 is 0. The first-order valence-electron chi connectivity index (χ1n) is 7.32. The third-order valence-electron chi connectivity index (χ3n) is 3.79. The zero-order valence-electron chi connectivity index (χ0n) is 12.6. The molecule has 1 aliphatic heterocycles. The predicted molar refractivity (Wildman–Crippen MR) is 82.4 cm³/mol. The largest absolute Gasteiger partial charge is 0.394 e. The molecule has 122 valence electrons. The van der Waals surface area contributed by atoms with E-state index in [1.807, 2.05) is 36.4 Å². The Labute approximate surface area is 138 Å². The molecular formula is C17H15N3O4. The number of aliphatic hydroxyl groups excluding tert-OH is 3. The minimum atomic E-state index is -1.26. The molecule has 0 saturated carbocycles. The zero-order chi connectivity index (χ0) is 17.1. The van der Waals surface area contributed by atoms with Crippen LogP contribution in [-0.2, 0) is 4.74 Å². The molecule has 0 amide bonds. The van der Waals surface area contributed by atoms with Crippen molar-refractivity contribution in [3.8, 4) is 17.9 Å². The average Bonchev–Trinajstić information content (AvgIpc) is 3.15. The van der Waals surface area contributed by atoms with Crippen LogP contribution in [-0.4, -0.2) is 49.8 Å². The summed E-state index contributed by atoms with van der Waals surface area (Å²) in [6.45, 7) is -0.431. The summed E-state index contributed by atoms with van der Waals surface area (Å²) in [7, 11) is 0. The zero-order valence-corrected chi connectivity index (χ0v) is 12.6. The first-order chi connectivity index (χ1) is 11.7. The van der Waals surface area contributed by atoms with E-state index in [0.29, 0.717) is 0 Å². The maximum atomic E-state index is 10.1. The maximum absolute atomic E-state index is 10.1. The van der Waals surface area contributed by atoms with E-state index in [4.69, 9.17) is 4.74 Å². The van der Waals surface area contributed by atoms with E-state index in [1.165, 1.54) is 10.9 Å². The van der Waals surface area contributed by atoms with Gasteiger partial charge in [0.25, 0.3) is 0 Å². The highest BCUT2D eigenvalue weighted by atomic mass is 16.6. The molecule has 2 heterocycles. The second kappa shape index (κ2) is 6.83. The smallest absolute Gasteiger partial charge is 0.174 e. The number of aromatic nitrogens is 2. The van der Waals surface area contributed by atoms with Crippen molar-refractivity contribution in [2.75, 3.05) is 6.61 Å². The lowest BCUT2D eigenvalue weighted by Gasteiger charge is -2.17. The molecule has 0 radical (unpaired) electrons. The Balaban J connectivity index is 1.98. The number of imidazole rings is 1. The van der Waals surface area contributed by atoms with E-state index >= 15 is 0 Å². The molecule has 1 aromatic carbocycles. The molecule has 0 spiro atoms. The van der Waals surface area contributed by atoms with Crippen LogP contribution in [0.4, 0.5) is 0 Å². The van der Waals surface area contributed by atoms with Crippen LogP contribution in [0.5, 0.6) is 0 Å². The second-order valence-electron chi connectivity index (χ2n) is 5.31. The van der Waals surface area contributed by atoms with Gasteiger partial charge >= 0.3 is 0 Å². The quantitative estimate of drug-likeness (QED) is 0.658. The second-order valence-corrected chi connectivity index (χ2v) is 5.31. The summed E-state index contributed by atoms with van der Waals surface area (Å²) in [5, 5.41) is 38.4. The Morgan fingerprint density at radius 3 is 2.54 bits per heavy atom. The molecule has 3 N–H and O–H groups in total. The predicted octanol–water partition coefficient (Wildman–Crippen LogP) is -0.234. The number of benzene rings is 1. The highest BCUT2D eigenvalue weighted by Crippen LogP contribution is 2.30. The summed E-state index contributed by atoms with van der Waals surface area (Å²) < 4.78 is 6.87. The molecule has 0 aliphatic carbocycles. The van der Waals surface area contributed by atoms with Crippen LogP contribution in [0, 0.1) is 23.2 Å². The van der Waals surface area contributed by atoms with Gasteiger partial charge in [0.2, 0.25) is 0 Å². The Morgan fingerprint density at radius 2 is 1.92 bits per heavy atom. The SMILES string of the molecule is N#Cc1ncn(C2O[C@H](CO)[C@@H](O)[C@H]2O)c1C#Cc1ccccc1. The lowest BCUT2D eigenvalue weighted by atomic mass is 10.1. The van der Waals surface area contributed by atoms with Gasteiger partial charge in [-0.3, -0.25) is 4.57 Å². The highest BCUT2D eigenvalue weighted by Gasteiger charge is 2.44. The molecule has 4 atom stereocenters. The van der Waals surface area contributed by atoms with E-state index in [-0.39, 0.29) is 11.4 Å². The third-order valence-corrected chi connectivity index (χ3v) is 3.79. The Bertz CT molecular complexity index is 816. The molecule has 1 unspecified atom stereocenters. The van der Waals surface area contributed by atoms with E-state index in [2.05, 4.69) is 16.8 Å². The van der Waals surface area contributed by atoms with E-state index in [0.717, 1.165) is 5.56 Å². The summed E-state index contributed by atoms with van der Waals surface area (Å²) in [6.07, 6.45) is -3.06. The summed E-state index contributed by atoms with van der Waals surface area (Å²) in [4.78, 5) is 3.97. The number of hydrogen-bond donors (Lipinski definition) is 3. The molecule has 7 heteroatoms. The van der Waals surface area contributed by atoms with Crippen molar-refractivity contribution in [1.29, 1.82) is 5.26 Å². The maximum Gasteiger partial charge on any atom is 0.174 e. The first kappa shape index (κ1) is 16.2. The van der Waals surface area contributed by atoms with Crippen LogP contribution < -0.4 is 0 Å². The van der Waals surface area contributed by atoms with Gasteiger partial charge in [-0.1, -0.05) is 24.1 Å². The molecule has 1 aromatic heterocycles. The van der Waals surface area contributed by atoms with Crippen molar-refractivity contribution in [3.05, 3.63) is 53.6 Å². The van der Waals surface area contributed by atoms with Gasteiger partial charge in [-0.15, -0.1) is 0 Å². The van der Waals surface area contributed by atoms with Crippen LogP contribution in [0.1, 0.15) is 23.2 Å². The van der Waals surface area contributed by atoms with Crippen molar-refractivity contribution >= 4 is 0 Å². The molecule has 24 heavy (non-hydrogen) atoms.